The van der Waals surface area contributed by atoms with Gasteiger partial charge < -0.3 is 14.7 Å². The summed E-state index contributed by atoms with van der Waals surface area (Å²) in [5.41, 5.74) is 0.728. The van der Waals surface area contributed by atoms with Gasteiger partial charge in [0.1, 0.15) is 6.54 Å². The Balaban J connectivity index is 1.69. The smallest absolute Gasteiger partial charge is 0.335 e. The van der Waals surface area contributed by atoms with E-state index in [1.165, 1.54) is 18.2 Å². The van der Waals surface area contributed by atoms with Gasteiger partial charge in [-0.2, -0.15) is 0 Å². The van der Waals surface area contributed by atoms with Crippen LogP contribution in [0.1, 0.15) is 15.9 Å². The zero-order valence-electron chi connectivity index (χ0n) is 13.7. The molecule has 1 aromatic rings. The lowest BCUT2D eigenvalue weighted by Crippen LogP contribution is -2.46. The van der Waals surface area contributed by atoms with E-state index in [4.69, 9.17) is 9.84 Å². The van der Waals surface area contributed by atoms with Crippen molar-refractivity contribution in [2.45, 2.75) is 0 Å². The van der Waals surface area contributed by atoms with Crippen LogP contribution in [0.2, 0.25) is 0 Å². The first-order valence-corrected chi connectivity index (χ1v) is 8.71. The molecule has 26 heavy (non-hydrogen) atoms. The zero-order chi connectivity index (χ0) is 18.7. The van der Waals surface area contributed by atoms with Gasteiger partial charge in [0, 0.05) is 13.1 Å². The number of hydrogen-bond donors (Lipinski definition) is 1. The van der Waals surface area contributed by atoms with E-state index >= 15 is 0 Å². The summed E-state index contributed by atoms with van der Waals surface area (Å²) in [4.78, 5) is 50.4. The van der Waals surface area contributed by atoms with Crippen molar-refractivity contribution >= 4 is 40.9 Å². The van der Waals surface area contributed by atoms with E-state index in [2.05, 4.69) is 0 Å². The molecular weight excluding hydrogens is 360 g/mol. The van der Waals surface area contributed by atoms with Crippen LogP contribution in [0.25, 0.3) is 6.08 Å². The third-order valence-electron chi connectivity index (χ3n) is 3.99. The minimum absolute atomic E-state index is 0.131. The molecule has 0 spiro atoms. The molecular formula is C17H16N2O6S. The maximum Gasteiger partial charge on any atom is 0.335 e. The highest BCUT2D eigenvalue weighted by molar-refractivity contribution is 8.18. The highest BCUT2D eigenvalue weighted by Crippen LogP contribution is 2.32. The number of carbonyl (C=O) groups excluding carboxylic acids is 3. The van der Waals surface area contributed by atoms with Crippen molar-refractivity contribution in [1.29, 1.82) is 0 Å². The Morgan fingerprint density at radius 2 is 1.81 bits per heavy atom. The molecule has 2 saturated heterocycles. The lowest BCUT2D eigenvalue weighted by molar-refractivity contribution is -0.139. The quantitative estimate of drug-likeness (QED) is 0.789. The number of carboxylic acids is 1. The van der Waals surface area contributed by atoms with E-state index in [1.807, 2.05) is 0 Å². The van der Waals surface area contributed by atoms with Gasteiger partial charge in [-0.3, -0.25) is 19.3 Å². The molecule has 0 radical (unpaired) electrons. The minimum Gasteiger partial charge on any atom is -0.478 e. The number of benzene rings is 1. The standard InChI is InChI=1S/C17H16N2O6S/c20-14(18-5-7-25-8-6-18)10-19-15(21)13(26-17(19)24)9-11-1-3-12(4-2-11)16(22)23/h1-4,9H,5-8,10H2,(H,22,23)/b13-9-. The Bertz CT molecular complexity index is 783. The molecule has 0 aliphatic carbocycles. The van der Waals surface area contributed by atoms with Crippen LogP contribution >= 0.6 is 11.8 Å². The number of imide groups is 1. The van der Waals surface area contributed by atoms with Gasteiger partial charge in [0.05, 0.1) is 23.7 Å². The number of aromatic carboxylic acids is 1. The summed E-state index contributed by atoms with van der Waals surface area (Å²) in [6.45, 7) is 1.49. The zero-order valence-corrected chi connectivity index (χ0v) is 14.5. The number of rotatable bonds is 4. The Morgan fingerprint density at radius 1 is 1.15 bits per heavy atom. The fourth-order valence-corrected chi connectivity index (χ4v) is 3.40. The molecule has 2 aliphatic heterocycles. The second-order valence-corrected chi connectivity index (χ2v) is 6.68. The first-order valence-electron chi connectivity index (χ1n) is 7.90. The van der Waals surface area contributed by atoms with Gasteiger partial charge in [-0.15, -0.1) is 0 Å². The van der Waals surface area contributed by atoms with E-state index in [-0.39, 0.29) is 22.9 Å². The fourth-order valence-electron chi connectivity index (χ4n) is 2.56. The average molecular weight is 376 g/mol. The third kappa shape index (κ3) is 3.94. The summed E-state index contributed by atoms with van der Waals surface area (Å²) >= 11 is 0.763. The molecule has 3 amide bonds. The molecule has 3 rings (SSSR count). The molecule has 0 unspecified atom stereocenters. The van der Waals surface area contributed by atoms with Crippen molar-refractivity contribution in [3.63, 3.8) is 0 Å². The van der Waals surface area contributed by atoms with Crippen molar-refractivity contribution in [1.82, 2.24) is 9.80 Å². The second kappa shape index (κ2) is 7.71. The van der Waals surface area contributed by atoms with Crippen LogP contribution in [0, 0.1) is 0 Å². The molecule has 8 nitrogen and oxygen atoms in total. The number of carboxylic acid groups (broad SMARTS) is 1. The lowest BCUT2D eigenvalue weighted by atomic mass is 10.1. The summed E-state index contributed by atoms with van der Waals surface area (Å²) in [6, 6.07) is 5.94. The highest BCUT2D eigenvalue weighted by Gasteiger charge is 2.37. The molecule has 2 aliphatic rings. The number of morpholine rings is 1. The minimum atomic E-state index is -1.04. The van der Waals surface area contributed by atoms with E-state index < -0.39 is 17.1 Å². The molecule has 9 heteroatoms. The van der Waals surface area contributed by atoms with Crippen molar-refractivity contribution in [2.24, 2.45) is 0 Å². The number of thioether (sulfide) groups is 1. The first kappa shape index (κ1) is 18.2. The Kier molecular flexibility index (Phi) is 5.38. The maximum absolute atomic E-state index is 12.4. The highest BCUT2D eigenvalue weighted by atomic mass is 32.2. The van der Waals surface area contributed by atoms with Crippen LogP contribution in [0.4, 0.5) is 4.79 Å². The van der Waals surface area contributed by atoms with Crippen LogP contribution in [0.5, 0.6) is 0 Å². The number of nitrogens with zero attached hydrogens (tertiary/aromatic N) is 2. The normalized spacial score (nSPS) is 19.3. The molecule has 2 fully saturated rings. The second-order valence-electron chi connectivity index (χ2n) is 5.69. The summed E-state index contributed by atoms with van der Waals surface area (Å²) in [6.07, 6.45) is 1.51. The van der Waals surface area contributed by atoms with Crippen LogP contribution in [-0.4, -0.2) is 70.8 Å². The molecule has 0 atom stereocenters. The van der Waals surface area contributed by atoms with E-state index in [0.29, 0.717) is 31.9 Å². The van der Waals surface area contributed by atoms with Crippen LogP contribution in [-0.2, 0) is 14.3 Å². The molecule has 0 saturated carbocycles. The molecule has 0 aromatic heterocycles. The molecule has 2 heterocycles. The Hall–Kier alpha value is -2.65. The van der Waals surface area contributed by atoms with Crippen LogP contribution in [0.3, 0.4) is 0 Å². The van der Waals surface area contributed by atoms with E-state index in [0.717, 1.165) is 16.7 Å². The lowest BCUT2D eigenvalue weighted by Gasteiger charge is -2.28. The number of hydrogen-bond acceptors (Lipinski definition) is 6. The topological polar surface area (TPSA) is 104 Å². The Morgan fingerprint density at radius 3 is 2.42 bits per heavy atom. The Labute approximate surface area is 153 Å². The van der Waals surface area contributed by atoms with Crippen molar-refractivity contribution in [2.75, 3.05) is 32.8 Å². The number of carbonyl (C=O) groups is 4. The van der Waals surface area contributed by atoms with Gasteiger partial charge in [-0.25, -0.2) is 4.79 Å². The number of amides is 3. The van der Waals surface area contributed by atoms with Gasteiger partial charge in [0.15, 0.2) is 0 Å². The molecule has 1 N–H and O–H groups in total. The van der Waals surface area contributed by atoms with Gasteiger partial charge >= 0.3 is 5.97 Å². The summed E-state index contributed by atoms with van der Waals surface area (Å²) in [5.74, 6) is -1.86. The summed E-state index contributed by atoms with van der Waals surface area (Å²) in [5, 5.41) is 8.40. The maximum atomic E-state index is 12.4. The van der Waals surface area contributed by atoms with Gasteiger partial charge in [-0.1, -0.05) is 12.1 Å². The van der Waals surface area contributed by atoms with Gasteiger partial charge in [0.2, 0.25) is 5.91 Å². The monoisotopic (exact) mass is 376 g/mol. The molecule has 1 aromatic carbocycles. The summed E-state index contributed by atoms with van der Waals surface area (Å²) in [7, 11) is 0. The first-order chi connectivity index (χ1) is 12.5. The SMILES string of the molecule is O=C(O)c1ccc(/C=C2\SC(=O)N(CC(=O)N3CCOCC3)C2=O)cc1. The van der Waals surface area contributed by atoms with Crippen LogP contribution in [0.15, 0.2) is 29.2 Å². The van der Waals surface area contributed by atoms with Crippen LogP contribution < -0.4 is 0 Å². The van der Waals surface area contributed by atoms with Crippen molar-refractivity contribution in [3.8, 4) is 0 Å². The largest absolute Gasteiger partial charge is 0.478 e. The predicted molar refractivity (Wildman–Crippen MR) is 93.5 cm³/mol. The summed E-state index contributed by atoms with van der Waals surface area (Å²) < 4.78 is 5.18. The van der Waals surface area contributed by atoms with Gasteiger partial charge in [0.25, 0.3) is 11.1 Å². The van der Waals surface area contributed by atoms with E-state index in [9.17, 15) is 19.2 Å². The molecule has 136 valence electrons. The van der Waals surface area contributed by atoms with Gasteiger partial charge in [-0.05, 0) is 35.5 Å². The number of ether oxygens (including phenoxy) is 1. The molecule has 0 bridgehead atoms. The average Bonchev–Trinajstić information content (AvgIpc) is 2.90. The van der Waals surface area contributed by atoms with Crippen molar-refractivity contribution < 1.29 is 29.0 Å². The predicted octanol–water partition coefficient (Wildman–Crippen LogP) is 1.28. The van der Waals surface area contributed by atoms with Crippen molar-refractivity contribution in [3.05, 3.63) is 40.3 Å². The third-order valence-corrected chi connectivity index (χ3v) is 4.89. The fraction of sp³-hybridized carbons (Fsp3) is 0.294. The van der Waals surface area contributed by atoms with E-state index in [1.54, 1.807) is 17.0 Å².